The van der Waals surface area contributed by atoms with Crippen LogP contribution in [0.4, 0.5) is 0 Å². The van der Waals surface area contributed by atoms with Crippen LogP contribution in [0.25, 0.3) is 0 Å². The molecule has 0 aromatic heterocycles. The van der Waals surface area contributed by atoms with E-state index in [0.29, 0.717) is 5.56 Å². The van der Waals surface area contributed by atoms with Crippen LogP contribution in [0.5, 0.6) is 0 Å². The van der Waals surface area contributed by atoms with Crippen molar-refractivity contribution in [2.24, 2.45) is 5.73 Å². The van der Waals surface area contributed by atoms with Gasteiger partial charge in [0, 0.05) is 20.2 Å². The summed E-state index contributed by atoms with van der Waals surface area (Å²) in [6, 6.07) is 4.70. The van der Waals surface area contributed by atoms with Crippen LogP contribution in [-0.4, -0.2) is 27.7 Å². The highest BCUT2D eigenvalue weighted by Crippen LogP contribution is 2.22. The minimum atomic E-state index is -3.68. The molecule has 1 aromatic carbocycles. The first-order valence-corrected chi connectivity index (χ1v) is 7.61. The van der Waals surface area contributed by atoms with Gasteiger partial charge in [0.05, 0.1) is 10.6 Å². The Morgan fingerprint density at radius 2 is 2.05 bits per heavy atom. The number of nitrogens with two attached hydrogens (primary N) is 1. The third kappa shape index (κ3) is 4.43. The topological polar surface area (TPSA) is 81.4 Å². The van der Waals surface area contributed by atoms with Gasteiger partial charge in [0.1, 0.15) is 4.90 Å². The molecule has 0 saturated carbocycles. The summed E-state index contributed by atoms with van der Waals surface area (Å²) in [6.07, 6.45) is 0. The number of nitrogens with one attached hydrogen (secondary N) is 1. The Morgan fingerprint density at radius 1 is 1.42 bits per heavy atom. The second-order valence-corrected chi connectivity index (χ2v) is 6.90. The maximum Gasteiger partial charge on any atom is 0.242 e. The van der Waals surface area contributed by atoms with Crippen molar-refractivity contribution < 1.29 is 13.2 Å². The van der Waals surface area contributed by atoms with Crippen molar-refractivity contribution >= 4 is 21.6 Å². The highest BCUT2D eigenvalue weighted by atomic mass is 35.5. The Kier molecular flexibility index (Phi) is 5.34. The fourth-order valence-corrected chi connectivity index (χ4v) is 3.05. The molecule has 108 valence electrons. The Labute approximate surface area is 119 Å². The average Bonchev–Trinajstić information content (AvgIpc) is 2.37. The van der Waals surface area contributed by atoms with E-state index in [0.717, 1.165) is 0 Å². The molecular weight excluding hydrogens is 288 g/mol. The van der Waals surface area contributed by atoms with Crippen molar-refractivity contribution in [1.29, 1.82) is 0 Å². The van der Waals surface area contributed by atoms with Crippen LogP contribution in [0.1, 0.15) is 19.4 Å². The zero-order valence-electron chi connectivity index (χ0n) is 11.2. The van der Waals surface area contributed by atoms with Gasteiger partial charge in [-0.15, -0.1) is 0 Å². The highest BCUT2D eigenvalue weighted by Gasteiger charge is 2.23. The third-order valence-corrected chi connectivity index (χ3v) is 4.64. The molecule has 0 spiro atoms. The van der Waals surface area contributed by atoms with Gasteiger partial charge < -0.3 is 10.5 Å². The van der Waals surface area contributed by atoms with E-state index in [4.69, 9.17) is 22.1 Å². The van der Waals surface area contributed by atoms with Crippen molar-refractivity contribution in [2.75, 3.05) is 13.7 Å². The maximum atomic E-state index is 12.2. The highest BCUT2D eigenvalue weighted by molar-refractivity contribution is 7.89. The van der Waals surface area contributed by atoms with E-state index in [-0.39, 0.29) is 23.0 Å². The van der Waals surface area contributed by atoms with Gasteiger partial charge in [-0.05, 0) is 31.5 Å². The summed E-state index contributed by atoms with van der Waals surface area (Å²) < 4.78 is 32.0. The van der Waals surface area contributed by atoms with Crippen LogP contribution in [0.15, 0.2) is 23.1 Å². The van der Waals surface area contributed by atoms with Gasteiger partial charge >= 0.3 is 0 Å². The summed E-state index contributed by atoms with van der Waals surface area (Å²) in [6.45, 7) is 3.97. The van der Waals surface area contributed by atoms with Crippen molar-refractivity contribution in [1.82, 2.24) is 4.72 Å². The predicted octanol–water partition coefficient (Wildman–Crippen LogP) is 1.50. The summed E-state index contributed by atoms with van der Waals surface area (Å²) in [5, 5.41) is 0.167. The summed E-state index contributed by atoms with van der Waals surface area (Å²) in [5.41, 5.74) is 5.61. The molecule has 3 N–H and O–H groups in total. The fraction of sp³-hybridized carbons (Fsp3) is 0.500. The van der Waals surface area contributed by atoms with Crippen LogP contribution in [-0.2, 0) is 21.3 Å². The number of methoxy groups -OCH3 is 1. The molecule has 0 heterocycles. The number of hydrogen-bond donors (Lipinski definition) is 2. The van der Waals surface area contributed by atoms with Crippen LogP contribution in [0, 0.1) is 0 Å². The first-order chi connectivity index (χ1) is 8.72. The quantitative estimate of drug-likeness (QED) is 0.834. The van der Waals surface area contributed by atoms with Crippen molar-refractivity contribution in [3.8, 4) is 0 Å². The maximum absolute atomic E-state index is 12.2. The number of sulfonamides is 1. The fourth-order valence-electron chi connectivity index (χ4n) is 1.30. The van der Waals surface area contributed by atoms with E-state index in [1.807, 2.05) is 0 Å². The van der Waals surface area contributed by atoms with E-state index in [1.165, 1.54) is 19.2 Å². The average molecular weight is 307 g/mol. The van der Waals surface area contributed by atoms with Gasteiger partial charge in [0.15, 0.2) is 0 Å². The van der Waals surface area contributed by atoms with Crippen LogP contribution in [0.2, 0.25) is 5.02 Å². The molecule has 0 bridgehead atoms. The number of hydrogen-bond acceptors (Lipinski definition) is 4. The summed E-state index contributed by atoms with van der Waals surface area (Å²) in [4.78, 5) is 0.0315. The molecule has 0 amide bonds. The van der Waals surface area contributed by atoms with Gasteiger partial charge in [-0.3, -0.25) is 0 Å². The molecule has 7 heteroatoms. The van der Waals surface area contributed by atoms with Crippen LogP contribution >= 0.6 is 11.6 Å². The SMILES string of the molecule is COC(C)(C)CNS(=O)(=O)c1cc(CN)ccc1Cl. The smallest absolute Gasteiger partial charge is 0.242 e. The van der Waals surface area contributed by atoms with E-state index in [9.17, 15) is 8.42 Å². The lowest BCUT2D eigenvalue weighted by molar-refractivity contribution is 0.0276. The molecule has 0 atom stereocenters. The Hall–Kier alpha value is -0.660. The molecule has 0 fully saturated rings. The standard InChI is InChI=1S/C12H19ClN2O3S/c1-12(2,18-3)8-15-19(16,17)11-6-9(7-14)4-5-10(11)13/h4-6,15H,7-8,14H2,1-3H3. The molecule has 1 aromatic rings. The van der Waals surface area contributed by atoms with Crippen molar-refractivity contribution in [3.05, 3.63) is 28.8 Å². The molecule has 0 radical (unpaired) electrons. The van der Waals surface area contributed by atoms with Gasteiger partial charge in [-0.25, -0.2) is 13.1 Å². The summed E-state index contributed by atoms with van der Waals surface area (Å²) in [5.74, 6) is 0. The second-order valence-electron chi connectivity index (χ2n) is 4.76. The third-order valence-electron chi connectivity index (χ3n) is 2.76. The van der Waals surface area contributed by atoms with Crippen LogP contribution in [0.3, 0.4) is 0 Å². The summed E-state index contributed by atoms with van der Waals surface area (Å²) in [7, 11) is -2.16. The lowest BCUT2D eigenvalue weighted by Crippen LogP contribution is -2.39. The Balaban J connectivity index is 3.00. The molecule has 5 nitrogen and oxygen atoms in total. The minimum absolute atomic E-state index is 0.0315. The molecule has 0 aliphatic heterocycles. The number of ether oxygens (including phenoxy) is 1. The molecule has 1 rings (SSSR count). The van der Waals surface area contributed by atoms with Gasteiger partial charge in [0.25, 0.3) is 0 Å². The lowest BCUT2D eigenvalue weighted by atomic mass is 10.1. The first-order valence-electron chi connectivity index (χ1n) is 5.75. The zero-order chi connectivity index (χ0) is 14.7. The number of halogens is 1. The Morgan fingerprint density at radius 3 is 2.58 bits per heavy atom. The molecule has 19 heavy (non-hydrogen) atoms. The van der Waals surface area contributed by atoms with Gasteiger partial charge in [0.2, 0.25) is 10.0 Å². The van der Waals surface area contributed by atoms with Crippen molar-refractivity contribution in [2.45, 2.75) is 30.9 Å². The number of benzene rings is 1. The lowest BCUT2D eigenvalue weighted by Gasteiger charge is -2.23. The molecule has 0 unspecified atom stereocenters. The van der Waals surface area contributed by atoms with E-state index in [1.54, 1.807) is 19.9 Å². The largest absolute Gasteiger partial charge is 0.377 e. The monoisotopic (exact) mass is 306 g/mol. The molecule has 0 saturated heterocycles. The first kappa shape index (κ1) is 16.4. The van der Waals surface area contributed by atoms with Crippen molar-refractivity contribution in [3.63, 3.8) is 0 Å². The number of rotatable bonds is 6. The van der Waals surface area contributed by atoms with E-state index in [2.05, 4.69) is 4.72 Å². The van der Waals surface area contributed by atoms with E-state index < -0.39 is 15.6 Å². The second kappa shape index (κ2) is 6.19. The normalized spacial score (nSPS) is 12.7. The Bertz CT molecular complexity index is 544. The van der Waals surface area contributed by atoms with Gasteiger partial charge in [-0.1, -0.05) is 17.7 Å². The summed E-state index contributed by atoms with van der Waals surface area (Å²) >= 11 is 5.93. The molecular formula is C12H19ClN2O3S. The van der Waals surface area contributed by atoms with E-state index >= 15 is 0 Å². The van der Waals surface area contributed by atoms with Gasteiger partial charge in [-0.2, -0.15) is 0 Å². The molecule has 0 aliphatic rings. The predicted molar refractivity (Wildman–Crippen MR) is 75.6 cm³/mol. The molecule has 0 aliphatic carbocycles. The minimum Gasteiger partial charge on any atom is -0.377 e. The zero-order valence-corrected chi connectivity index (χ0v) is 12.8. The van der Waals surface area contributed by atoms with Crippen LogP contribution < -0.4 is 10.5 Å².